The number of hydrogen-bond acceptors (Lipinski definition) is 5. The molecule has 0 saturated carbocycles. The van der Waals surface area contributed by atoms with Gasteiger partial charge in [0.25, 0.3) is 0 Å². The molecule has 1 N–H and O–H groups in total. The summed E-state index contributed by atoms with van der Waals surface area (Å²) in [6.07, 6.45) is 3.36. The molecule has 7 heteroatoms. The molecule has 2 aromatic rings. The van der Waals surface area contributed by atoms with Crippen molar-refractivity contribution in [2.75, 3.05) is 6.54 Å². The number of aliphatic carboxylic acids is 1. The van der Waals surface area contributed by atoms with Crippen LogP contribution in [0.3, 0.4) is 0 Å². The van der Waals surface area contributed by atoms with Gasteiger partial charge in [-0.2, -0.15) is 0 Å². The summed E-state index contributed by atoms with van der Waals surface area (Å²) >= 11 is 3.56. The van der Waals surface area contributed by atoms with E-state index in [4.69, 9.17) is 4.74 Å². The third kappa shape index (κ3) is 4.57. The molecule has 6 nitrogen and oxygen atoms in total. The van der Waals surface area contributed by atoms with Crippen LogP contribution in [0.25, 0.3) is 0 Å². The van der Waals surface area contributed by atoms with Crippen LogP contribution in [-0.2, 0) is 21.0 Å². The summed E-state index contributed by atoms with van der Waals surface area (Å²) in [7, 11) is 0. The van der Waals surface area contributed by atoms with Gasteiger partial charge in [-0.15, -0.1) is 0 Å². The maximum Gasteiger partial charge on any atom is 0.323 e. The van der Waals surface area contributed by atoms with Crippen LogP contribution < -0.4 is 4.74 Å². The summed E-state index contributed by atoms with van der Waals surface area (Å²) in [6, 6.07) is 15.5. The number of hydrogen-bond donors (Lipinski definition) is 1. The summed E-state index contributed by atoms with van der Waals surface area (Å²) in [5.41, 5.74) is 4.37. The number of benzene rings is 2. The Kier molecular flexibility index (Phi) is 6.60. The van der Waals surface area contributed by atoms with Crippen molar-refractivity contribution < 1.29 is 24.2 Å². The van der Waals surface area contributed by atoms with Gasteiger partial charge in [-0.05, 0) is 49.4 Å². The van der Waals surface area contributed by atoms with Gasteiger partial charge in [-0.25, -0.2) is 0 Å². The number of Topliss-reactive ketones (excluding diaryl/α,β-unsaturated/α-hetero) is 2. The van der Waals surface area contributed by atoms with Crippen LogP contribution in [0.5, 0.6) is 5.75 Å². The monoisotopic (exact) mass is 535 g/mol. The van der Waals surface area contributed by atoms with Crippen LogP contribution in [0.2, 0.25) is 0 Å². The largest absolute Gasteiger partial charge is 0.489 e. The highest BCUT2D eigenvalue weighted by Gasteiger charge is 2.44. The molecule has 2 aliphatic carbocycles. The van der Waals surface area contributed by atoms with Crippen molar-refractivity contribution >= 4 is 33.5 Å². The Balaban J connectivity index is 1.67. The van der Waals surface area contributed by atoms with Crippen LogP contribution in [0.4, 0.5) is 0 Å². The molecule has 5 rings (SSSR count). The molecule has 1 aliphatic heterocycles. The second-order valence-electron chi connectivity index (χ2n) is 9.14. The molecule has 180 valence electrons. The molecule has 0 spiro atoms. The predicted molar refractivity (Wildman–Crippen MR) is 134 cm³/mol. The van der Waals surface area contributed by atoms with Crippen molar-refractivity contribution in [2.45, 2.75) is 51.0 Å². The highest BCUT2D eigenvalue weighted by atomic mass is 79.9. The van der Waals surface area contributed by atoms with Crippen molar-refractivity contribution in [1.82, 2.24) is 4.90 Å². The molecule has 35 heavy (non-hydrogen) atoms. The van der Waals surface area contributed by atoms with Crippen LogP contribution >= 0.6 is 15.9 Å². The standard InChI is InChI=1S/C28H26BrNO5/c29-18-12-13-24(35-16-17-6-2-1-3-7-17)19(14-18)26-27-20(8-4-10-22(27)31)30(15-25(33)34)21-9-5-11-23(32)28(21)26/h1-3,6-7,12-14,26H,4-5,8-11,15-16H2,(H,33,34). The first-order chi connectivity index (χ1) is 16.9. The number of halogens is 1. The molecule has 0 atom stereocenters. The van der Waals surface area contributed by atoms with E-state index in [9.17, 15) is 19.5 Å². The number of carboxylic acids is 1. The smallest absolute Gasteiger partial charge is 0.323 e. The zero-order valence-electron chi connectivity index (χ0n) is 19.3. The van der Waals surface area contributed by atoms with Gasteiger partial charge in [0, 0.05) is 51.3 Å². The Morgan fingerprint density at radius 2 is 1.57 bits per heavy atom. The quantitative estimate of drug-likeness (QED) is 0.523. The zero-order chi connectivity index (χ0) is 24.5. The van der Waals surface area contributed by atoms with E-state index >= 15 is 0 Å². The second-order valence-corrected chi connectivity index (χ2v) is 10.1. The third-order valence-corrected chi connectivity index (χ3v) is 7.39. The van der Waals surface area contributed by atoms with E-state index in [1.165, 1.54) is 0 Å². The Morgan fingerprint density at radius 1 is 0.943 bits per heavy atom. The molecule has 2 aromatic carbocycles. The van der Waals surface area contributed by atoms with Crippen LogP contribution in [0.1, 0.15) is 55.6 Å². The second kappa shape index (κ2) is 9.82. The van der Waals surface area contributed by atoms with Gasteiger partial charge in [0.15, 0.2) is 11.6 Å². The number of nitrogens with zero attached hydrogens (tertiary/aromatic N) is 1. The van der Waals surface area contributed by atoms with E-state index in [2.05, 4.69) is 15.9 Å². The molecule has 0 unspecified atom stereocenters. The minimum absolute atomic E-state index is 0.0226. The van der Waals surface area contributed by atoms with Crippen LogP contribution in [0.15, 0.2) is 75.5 Å². The average Bonchev–Trinajstić information content (AvgIpc) is 2.84. The molecule has 0 bridgehead atoms. The van der Waals surface area contributed by atoms with Crippen LogP contribution in [0, 0.1) is 0 Å². The first kappa shape index (κ1) is 23.5. The van der Waals surface area contributed by atoms with Gasteiger partial charge in [0.1, 0.15) is 18.9 Å². The number of carbonyl (C=O) groups is 3. The molecule has 3 aliphatic rings. The molecular formula is C28H26BrNO5. The van der Waals surface area contributed by atoms with E-state index in [-0.39, 0.29) is 18.1 Å². The summed E-state index contributed by atoms with van der Waals surface area (Å²) in [4.78, 5) is 40.3. The number of carboxylic acid groups (broad SMARTS) is 1. The minimum Gasteiger partial charge on any atom is -0.489 e. The molecule has 0 saturated heterocycles. The minimum atomic E-state index is -0.979. The SMILES string of the molecule is O=C(O)CN1C2=C(C(=O)CCC2)C(c2cc(Br)ccc2OCc2ccccc2)C2=C1CCCC2=O. The average molecular weight is 536 g/mol. The lowest BCUT2D eigenvalue weighted by Crippen LogP contribution is -2.41. The number of allylic oxidation sites excluding steroid dienone is 4. The zero-order valence-corrected chi connectivity index (χ0v) is 20.8. The van der Waals surface area contributed by atoms with Gasteiger partial charge in [0.05, 0.1) is 0 Å². The molecule has 0 fully saturated rings. The van der Waals surface area contributed by atoms with Gasteiger partial charge in [-0.3, -0.25) is 14.4 Å². The van der Waals surface area contributed by atoms with Gasteiger partial charge < -0.3 is 14.7 Å². The van der Waals surface area contributed by atoms with Gasteiger partial charge >= 0.3 is 5.97 Å². The van der Waals surface area contributed by atoms with Crippen molar-refractivity contribution in [3.63, 3.8) is 0 Å². The highest BCUT2D eigenvalue weighted by Crippen LogP contribution is 2.51. The fraction of sp³-hybridized carbons (Fsp3) is 0.321. The van der Waals surface area contributed by atoms with Crippen LogP contribution in [-0.4, -0.2) is 34.1 Å². The highest BCUT2D eigenvalue weighted by molar-refractivity contribution is 9.10. The van der Waals surface area contributed by atoms with Crippen molar-refractivity contribution in [3.8, 4) is 5.75 Å². The molecular weight excluding hydrogens is 510 g/mol. The summed E-state index contributed by atoms with van der Waals surface area (Å²) in [5.74, 6) is -0.971. The van der Waals surface area contributed by atoms with Gasteiger partial charge in [0.2, 0.25) is 0 Å². The fourth-order valence-electron chi connectivity index (χ4n) is 5.47. The van der Waals surface area contributed by atoms with E-state index in [0.717, 1.165) is 27.0 Å². The molecule has 1 heterocycles. The lowest BCUT2D eigenvalue weighted by atomic mass is 9.70. The van der Waals surface area contributed by atoms with Gasteiger partial charge in [-0.1, -0.05) is 46.3 Å². The Labute approximate surface area is 212 Å². The Morgan fingerprint density at radius 3 is 2.17 bits per heavy atom. The number of ether oxygens (including phenoxy) is 1. The maximum atomic E-state index is 13.4. The maximum absolute atomic E-state index is 13.4. The molecule has 0 amide bonds. The van der Waals surface area contributed by atoms with Crippen molar-refractivity contribution in [3.05, 3.63) is 86.7 Å². The lowest BCUT2D eigenvalue weighted by Gasteiger charge is -2.43. The lowest BCUT2D eigenvalue weighted by molar-refractivity contribution is -0.138. The third-order valence-electron chi connectivity index (χ3n) is 6.90. The van der Waals surface area contributed by atoms with E-state index in [1.54, 1.807) is 4.90 Å². The van der Waals surface area contributed by atoms with E-state index < -0.39 is 11.9 Å². The normalized spacial score (nSPS) is 18.5. The fourth-order valence-corrected chi connectivity index (χ4v) is 5.84. The van der Waals surface area contributed by atoms with Crippen molar-refractivity contribution in [2.24, 2.45) is 0 Å². The van der Waals surface area contributed by atoms with E-state index in [0.29, 0.717) is 62.0 Å². The summed E-state index contributed by atoms with van der Waals surface area (Å²) < 4.78 is 7.08. The number of rotatable bonds is 6. The number of carbonyl (C=O) groups excluding carboxylic acids is 2. The Hall–Kier alpha value is -3.19. The van der Waals surface area contributed by atoms with E-state index in [1.807, 2.05) is 48.5 Å². The van der Waals surface area contributed by atoms with Crippen molar-refractivity contribution in [1.29, 1.82) is 0 Å². The molecule has 0 radical (unpaired) electrons. The summed E-state index contributed by atoms with van der Waals surface area (Å²) in [5, 5.41) is 9.64. The first-order valence-electron chi connectivity index (χ1n) is 11.9. The molecule has 0 aromatic heterocycles. The predicted octanol–water partition coefficient (Wildman–Crippen LogP) is 5.53. The Bertz CT molecular complexity index is 1220. The summed E-state index contributed by atoms with van der Waals surface area (Å²) in [6.45, 7) is 0.105. The number of ketones is 2. The topological polar surface area (TPSA) is 83.9 Å². The first-order valence-corrected chi connectivity index (χ1v) is 12.7.